The summed E-state index contributed by atoms with van der Waals surface area (Å²) in [6.07, 6.45) is 1.62. The van der Waals surface area contributed by atoms with Gasteiger partial charge in [-0.15, -0.1) is 0 Å². The monoisotopic (exact) mass is 245 g/mol. The molecule has 1 aromatic heterocycles. The van der Waals surface area contributed by atoms with Crippen LogP contribution < -0.4 is 5.73 Å². The summed E-state index contributed by atoms with van der Waals surface area (Å²) in [5.74, 6) is -0.497. The molecule has 0 bridgehead atoms. The van der Waals surface area contributed by atoms with Crippen LogP contribution in [0.15, 0.2) is 36.5 Å². The van der Waals surface area contributed by atoms with E-state index in [1.807, 2.05) is 37.3 Å². The third-order valence-electron chi connectivity index (χ3n) is 2.52. The quantitative estimate of drug-likeness (QED) is 0.834. The highest BCUT2D eigenvalue weighted by Gasteiger charge is 2.15. The molecule has 0 radical (unpaired) electrons. The lowest BCUT2D eigenvalue weighted by Crippen LogP contribution is -2.09. The third kappa shape index (κ3) is 2.68. The van der Waals surface area contributed by atoms with E-state index in [2.05, 4.69) is 5.10 Å². The highest BCUT2D eigenvalue weighted by molar-refractivity contribution is 5.92. The van der Waals surface area contributed by atoms with E-state index in [4.69, 9.17) is 10.5 Å². The lowest BCUT2D eigenvalue weighted by atomic mass is 10.2. The molecule has 0 aliphatic rings. The maximum atomic E-state index is 11.8. The van der Waals surface area contributed by atoms with Gasteiger partial charge in [0.05, 0.1) is 5.69 Å². The van der Waals surface area contributed by atoms with Crippen molar-refractivity contribution >= 4 is 11.7 Å². The first-order valence-corrected chi connectivity index (χ1v) is 5.74. The molecule has 5 heteroatoms. The highest BCUT2D eigenvalue weighted by atomic mass is 16.5. The standard InChI is InChI=1S/C13H15N3O2/c1-2-16-8-11(14)12(15-16)13(17)18-9-10-6-4-3-5-7-10/h3-8H,2,9,14H2,1H3. The summed E-state index contributed by atoms with van der Waals surface area (Å²) in [5.41, 5.74) is 7.15. The highest BCUT2D eigenvalue weighted by Crippen LogP contribution is 2.11. The second-order valence-electron chi connectivity index (χ2n) is 3.85. The number of ether oxygens (including phenoxy) is 1. The smallest absolute Gasteiger partial charge is 0.361 e. The Balaban J connectivity index is 2.01. The number of nitrogen functional groups attached to an aromatic ring is 1. The van der Waals surface area contributed by atoms with E-state index in [0.717, 1.165) is 5.56 Å². The van der Waals surface area contributed by atoms with Gasteiger partial charge < -0.3 is 10.5 Å². The van der Waals surface area contributed by atoms with Gasteiger partial charge in [0.25, 0.3) is 0 Å². The number of benzene rings is 1. The Kier molecular flexibility index (Phi) is 3.62. The molecule has 0 spiro atoms. The number of nitrogens with zero attached hydrogens (tertiary/aromatic N) is 2. The average Bonchev–Trinajstić information content (AvgIpc) is 2.78. The minimum atomic E-state index is -0.497. The number of aryl methyl sites for hydroxylation is 1. The number of hydrogen-bond acceptors (Lipinski definition) is 4. The number of aromatic nitrogens is 2. The van der Waals surface area contributed by atoms with E-state index < -0.39 is 5.97 Å². The molecule has 2 rings (SSSR count). The van der Waals surface area contributed by atoms with Gasteiger partial charge in [0, 0.05) is 12.7 Å². The Morgan fingerprint density at radius 1 is 1.39 bits per heavy atom. The lowest BCUT2D eigenvalue weighted by molar-refractivity contribution is 0.0466. The van der Waals surface area contributed by atoms with Crippen LogP contribution in [0.4, 0.5) is 5.69 Å². The molecule has 2 N–H and O–H groups in total. The zero-order valence-corrected chi connectivity index (χ0v) is 10.2. The van der Waals surface area contributed by atoms with Crippen LogP contribution in [-0.2, 0) is 17.9 Å². The lowest BCUT2D eigenvalue weighted by Gasteiger charge is -2.03. The van der Waals surface area contributed by atoms with Crippen LogP contribution in [0.25, 0.3) is 0 Å². The number of carbonyl (C=O) groups is 1. The molecule has 2 aromatic rings. The van der Waals surface area contributed by atoms with Crippen molar-refractivity contribution in [3.8, 4) is 0 Å². The van der Waals surface area contributed by atoms with Crippen molar-refractivity contribution in [3.63, 3.8) is 0 Å². The predicted octanol–water partition coefficient (Wildman–Crippen LogP) is 1.84. The number of carbonyl (C=O) groups excluding carboxylic acids is 1. The molecule has 18 heavy (non-hydrogen) atoms. The Morgan fingerprint density at radius 3 is 2.72 bits per heavy atom. The van der Waals surface area contributed by atoms with E-state index in [1.165, 1.54) is 0 Å². The molecule has 5 nitrogen and oxygen atoms in total. The maximum absolute atomic E-state index is 11.8. The van der Waals surface area contributed by atoms with Crippen LogP contribution in [0.5, 0.6) is 0 Å². The molecule has 0 saturated heterocycles. The van der Waals surface area contributed by atoms with Crippen LogP contribution in [0, 0.1) is 0 Å². The zero-order valence-electron chi connectivity index (χ0n) is 10.2. The fraction of sp³-hybridized carbons (Fsp3) is 0.231. The van der Waals surface area contributed by atoms with Crippen molar-refractivity contribution < 1.29 is 9.53 Å². The minimum absolute atomic E-state index is 0.174. The summed E-state index contributed by atoms with van der Waals surface area (Å²) in [5, 5.41) is 4.06. The first kappa shape index (κ1) is 12.2. The Bertz CT molecular complexity index is 534. The Labute approximate surface area is 105 Å². The summed E-state index contributed by atoms with van der Waals surface area (Å²) in [6, 6.07) is 9.47. The van der Waals surface area contributed by atoms with E-state index in [1.54, 1.807) is 10.9 Å². The largest absolute Gasteiger partial charge is 0.456 e. The molecule has 1 aromatic carbocycles. The molecular weight excluding hydrogens is 230 g/mol. The number of hydrogen-bond donors (Lipinski definition) is 1. The van der Waals surface area contributed by atoms with E-state index in [0.29, 0.717) is 12.2 Å². The summed E-state index contributed by atoms with van der Waals surface area (Å²) in [6.45, 7) is 2.81. The minimum Gasteiger partial charge on any atom is -0.456 e. The van der Waals surface area contributed by atoms with E-state index in [-0.39, 0.29) is 12.3 Å². The molecule has 0 aliphatic carbocycles. The zero-order chi connectivity index (χ0) is 13.0. The van der Waals surface area contributed by atoms with Gasteiger partial charge in [0.2, 0.25) is 0 Å². The van der Waals surface area contributed by atoms with E-state index in [9.17, 15) is 4.79 Å². The normalized spacial score (nSPS) is 10.3. The number of rotatable bonds is 4. The number of anilines is 1. The molecule has 0 amide bonds. The van der Waals surface area contributed by atoms with Crippen molar-refractivity contribution in [1.29, 1.82) is 0 Å². The van der Waals surface area contributed by atoms with Gasteiger partial charge in [-0.1, -0.05) is 30.3 Å². The van der Waals surface area contributed by atoms with Crippen molar-refractivity contribution in [2.45, 2.75) is 20.1 Å². The van der Waals surface area contributed by atoms with Crippen LogP contribution in [-0.4, -0.2) is 15.7 Å². The van der Waals surface area contributed by atoms with Crippen LogP contribution >= 0.6 is 0 Å². The number of esters is 1. The maximum Gasteiger partial charge on any atom is 0.361 e. The molecule has 0 fully saturated rings. The SMILES string of the molecule is CCn1cc(N)c(C(=O)OCc2ccccc2)n1. The van der Waals surface area contributed by atoms with Crippen molar-refractivity contribution in [2.24, 2.45) is 0 Å². The van der Waals surface area contributed by atoms with Gasteiger partial charge in [-0.05, 0) is 12.5 Å². The first-order valence-electron chi connectivity index (χ1n) is 5.74. The average molecular weight is 245 g/mol. The molecular formula is C13H15N3O2. The fourth-order valence-corrected chi connectivity index (χ4v) is 1.55. The molecule has 1 heterocycles. The Morgan fingerprint density at radius 2 is 2.11 bits per heavy atom. The number of nitrogens with two attached hydrogens (primary N) is 1. The van der Waals surface area contributed by atoms with Crippen LogP contribution in [0.2, 0.25) is 0 Å². The summed E-state index contributed by atoms with van der Waals surface area (Å²) in [4.78, 5) is 11.8. The van der Waals surface area contributed by atoms with Gasteiger partial charge in [-0.25, -0.2) is 4.79 Å². The molecule has 0 saturated carbocycles. The van der Waals surface area contributed by atoms with Gasteiger partial charge in [0.15, 0.2) is 5.69 Å². The Hall–Kier alpha value is -2.30. The van der Waals surface area contributed by atoms with Gasteiger partial charge in [-0.2, -0.15) is 5.10 Å². The van der Waals surface area contributed by atoms with Gasteiger partial charge >= 0.3 is 5.97 Å². The summed E-state index contributed by atoms with van der Waals surface area (Å²) in [7, 11) is 0. The summed E-state index contributed by atoms with van der Waals surface area (Å²) >= 11 is 0. The van der Waals surface area contributed by atoms with Crippen LogP contribution in [0.1, 0.15) is 23.0 Å². The third-order valence-corrected chi connectivity index (χ3v) is 2.52. The van der Waals surface area contributed by atoms with Gasteiger partial charge in [-0.3, -0.25) is 4.68 Å². The topological polar surface area (TPSA) is 70.1 Å². The first-order chi connectivity index (χ1) is 8.70. The van der Waals surface area contributed by atoms with E-state index >= 15 is 0 Å². The van der Waals surface area contributed by atoms with Gasteiger partial charge in [0.1, 0.15) is 6.61 Å². The van der Waals surface area contributed by atoms with Crippen molar-refractivity contribution in [3.05, 3.63) is 47.8 Å². The molecule has 0 aliphatic heterocycles. The van der Waals surface area contributed by atoms with Crippen molar-refractivity contribution in [2.75, 3.05) is 5.73 Å². The molecule has 0 atom stereocenters. The van der Waals surface area contributed by atoms with Crippen molar-refractivity contribution in [1.82, 2.24) is 9.78 Å². The summed E-state index contributed by atoms with van der Waals surface area (Å²) < 4.78 is 6.76. The van der Waals surface area contributed by atoms with Crippen LogP contribution in [0.3, 0.4) is 0 Å². The fourth-order valence-electron chi connectivity index (χ4n) is 1.55. The molecule has 0 unspecified atom stereocenters. The second kappa shape index (κ2) is 5.35. The molecule has 94 valence electrons. The predicted molar refractivity (Wildman–Crippen MR) is 67.9 cm³/mol. The second-order valence-corrected chi connectivity index (χ2v) is 3.85.